The number of nitrogens with one attached hydrogen (secondary N) is 2. The van der Waals surface area contributed by atoms with Crippen LogP contribution in [0, 0.1) is 11.3 Å². The second kappa shape index (κ2) is 8.16. The van der Waals surface area contributed by atoms with E-state index in [0.717, 1.165) is 5.56 Å². The highest BCUT2D eigenvalue weighted by Crippen LogP contribution is 2.25. The number of urea groups is 1. The lowest BCUT2D eigenvalue weighted by atomic mass is 9.81. The number of oxazole rings is 1. The van der Waals surface area contributed by atoms with E-state index < -0.39 is 11.5 Å². The summed E-state index contributed by atoms with van der Waals surface area (Å²) in [6.07, 6.45) is 1.05. The van der Waals surface area contributed by atoms with Crippen molar-refractivity contribution in [3.05, 3.63) is 42.3 Å². The Morgan fingerprint density at radius 3 is 2.56 bits per heavy atom. The van der Waals surface area contributed by atoms with E-state index in [-0.39, 0.29) is 18.5 Å². The number of aliphatic hydroxyl groups excluding tert-OH is 1. The molecule has 6 nitrogen and oxygen atoms in total. The summed E-state index contributed by atoms with van der Waals surface area (Å²) in [4.78, 5) is 16.3. The van der Waals surface area contributed by atoms with E-state index in [1.54, 1.807) is 0 Å². The van der Waals surface area contributed by atoms with E-state index in [4.69, 9.17) is 4.42 Å². The van der Waals surface area contributed by atoms with E-state index >= 15 is 0 Å². The van der Waals surface area contributed by atoms with E-state index in [2.05, 4.69) is 15.6 Å². The van der Waals surface area contributed by atoms with Crippen LogP contribution in [-0.4, -0.2) is 28.8 Å². The molecule has 0 aliphatic heterocycles. The van der Waals surface area contributed by atoms with Crippen LogP contribution in [0.4, 0.5) is 4.79 Å². The molecule has 0 radical (unpaired) electrons. The minimum atomic E-state index is -0.489. The van der Waals surface area contributed by atoms with Crippen LogP contribution < -0.4 is 10.6 Å². The highest BCUT2D eigenvalue weighted by atomic mass is 16.3. The van der Waals surface area contributed by atoms with Crippen molar-refractivity contribution in [3.63, 3.8) is 0 Å². The molecule has 1 aromatic carbocycles. The van der Waals surface area contributed by atoms with Crippen molar-refractivity contribution in [1.82, 2.24) is 15.6 Å². The number of benzene rings is 1. The van der Waals surface area contributed by atoms with Crippen LogP contribution in [0.1, 0.15) is 33.4 Å². The molecule has 3 N–H and O–H groups in total. The highest BCUT2D eigenvalue weighted by Gasteiger charge is 2.30. The minimum Gasteiger partial charge on any atom is -0.444 e. The molecule has 1 aromatic heterocycles. The van der Waals surface area contributed by atoms with Gasteiger partial charge >= 0.3 is 6.03 Å². The fourth-order valence-electron chi connectivity index (χ4n) is 2.65. The summed E-state index contributed by atoms with van der Waals surface area (Å²) in [5.74, 6) is 0.658. The molecular formula is C19H27N3O3. The Morgan fingerprint density at radius 2 is 1.92 bits per heavy atom. The summed E-state index contributed by atoms with van der Waals surface area (Å²) >= 11 is 0. The predicted molar refractivity (Wildman–Crippen MR) is 96.8 cm³/mol. The van der Waals surface area contributed by atoms with Crippen molar-refractivity contribution in [3.8, 4) is 11.5 Å². The topological polar surface area (TPSA) is 87.4 Å². The van der Waals surface area contributed by atoms with Gasteiger partial charge in [0, 0.05) is 17.5 Å². The van der Waals surface area contributed by atoms with E-state index in [1.807, 2.05) is 58.0 Å². The van der Waals surface area contributed by atoms with Crippen LogP contribution in [0.15, 0.2) is 41.0 Å². The number of nitrogens with zero attached hydrogens (tertiary/aromatic N) is 1. The van der Waals surface area contributed by atoms with Crippen molar-refractivity contribution in [1.29, 1.82) is 0 Å². The number of carbonyl (C=O) groups is 1. The molecule has 0 aliphatic rings. The molecule has 6 heteroatoms. The molecule has 136 valence electrons. The Morgan fingerprint density at radius 1 is 1.24 bits per heavy atom. The smallest absolute Gasteiger partial charge is 0.315 e. The summed E-state index contributed by atoms with van der Waals surface area (Å²) in [7, 11) is 0. The lowest BCUT2D eigenvalue weighted by Crippen LogP contribution is -2.46. The first-order valence-corrected chi connectivity index (χ1v) is 8.49. The SMILES string of the molecule is CC(C)C(O)C(C)(C)CNC(=O)NCc1coc(-c2ccccc2)n1. The maximum atomic E-state index is 12.0. The second-order valence-corrected chi connectivity index (χ2v) is 7.22. The number of carbonyl (C=O) groups excluding carboxylic acids is 1. The fraction of sp³-hybridized carbons (Fsp3) is 0.474. The van der Waals surface area contributed by atoms with Crippen molar-refractivity contribution < 1.29 is 14.3 Å². The zero-order valence-electron chi connectivity index (χ0n) is 15.2. The quantitative estimate of drug-likeness (QED) is 0.719. The van der Waals surface area contributed by atoms with E-state index in [0.29, 0.717) is 18.1 Å². The predicted octanol–water partition coefficient (Wildman–Crippen LogP) is 3.18. The van der Waals surface area contributed by atoms with Gasteiger partial charge in [-0.2, -0.15) is 0 Å². The zero-order valence-corrected chi connectivity index (χ0v) is 15.2. The summed E-state index contributed by atoms with van der Waals surface area (Å²) in [6, 6.07) is 9.29. The van der Waals surface area contributed by atoms with Crippen LogP contribution in [-0.2, 0) is 6.54 Å². The summed E-state index contributed by atoms with van der Waals surface area (Å²) < 4.78 is 5.44. The molecule has 0 spiro atoms. The van der Waals surface area contributed by atoms with Gasteiger partial charge in [-0.3, -0.25) is 0 Å². The van der Waals surface area contributed by atoms with Crippen LogP contribution in [0.3, 0.4) is 0 Å². The van der Waals surface area contributed by atoms with Gasteiger partial charge in [0.15, 0.2) is 0 Å². The van der Waals surface area contributed by atoms with Crippen LogP contribution in [0.2, 0.25) is 0 Å². The largest absolute Gasteiger partial charge is 0.444 e. The zero-order chi connectivity index (χ0) is 18.4. The Kier molecular flexibility index (Phi) is 6.20. The second-order valence-electron chi connectivity index (χ2n) is 7.22. The first-order chi connectivity index (χ1) is 11.8. The number of hydrogen-bond donors (Lipinski definition) is 3. The van der Waals surface area contributed by atoms with Gasteiger partial charge in [-0.15, -0.1) is 0 Å². The van der Waals surface area contributed by atoms with Crippen molar-refractivity contribution in [2.45, 2.75) is 40.3 Å². The van der Waals surface area contributed by atoms with Gasteiger partial charge in [-0.1, -0.05) is 45.9 Å². The van der Waals surface area contributed by atoms with Crippen LogP contribution in [0.5, 0.6) is 0 Å². The Balaban J connectivity index is 1.82. The van der Waals surface area contributed by atoms with Crippen molar-refractivity contribution in [2.75, 3.05) is 6.54 Å². The summed E-state index contributed by atoms with van der Waals surface area (Å²) in [6.45, 7) is 8.44. The van der Waals surface area contributed by atoms with Gasteiger partial charge in [0.05, 0.1) is 18.3 Å². The third-order valence-corrected chi connectivity index (χ3v) is 4.14. The van der Waals surface area contributed by atoms with Gasteiger partial charge in [-0.25, -0.2) is 9.78 Å². The average Bonchev–Trinajstić information content (AvgIpc) is 3.07. The molecule has 0 saturated heterocycles. The van der Waals surface area contributed by atoms with Gasteiger partial charge in [-0.05, 0) is 18.1 Å². The first kappa shape index (κ1) is 19.0. The molecule has 2 rings (SSSR count). The summed E-state index contributed by atoms with van der Waals surface area (Å²) in [5.41, 5.74) is 1.14. The van der Waals surface area contributed by atoms with Crippen molar-refractivity contribution in [2.24, 2.45) is 11.3 Å². The molecule has 2 aromatic rings. The van der Waals surface area contributed by atoms with Gasteiger partial charge in [0.1, 0.15) is 6.26 Å². The number of aliphatic hydroxyl groups is 1. The molecule has 0 aliphatic carbocycles. The third kappa shape index (κ3) is 5.32. The Hall–Kier alpha value is -2.34. The number of amides is 2. The Bertz CT molecular complexity index is 680. The lowest BCUT2D eigenvalue weighted by Gasteiger charge is -2.33. The van der Waals surface area contributed by atoms with Crippen LogP contribution >= 0.6 is 0 Å². The maximum Gasteiger partial charge on any atom is 0.315 e. The van der Waals surface area contributed by atoms with Gasteiger partial charge in [0.2, 0.25) is 5.89 Å². The normalized spacial score (nSPS) is 12.9. The van der Waals surface area contributed by atoms with Gasteiger partial charge in [0.25, 0.3) is 0 Å². The van der Waals surface area contributed by atoms with Crippen molar-refractivity contribution >= 4 is 6.03 Å². The molecule has 1 unspecified atom stereocenters. The molecule has 0 saturated carbocycles. The monoisotopic (exact) mass is 345 g/mol. The van der Waals surface area contributed by atoms with E-state index in [1.165, 1.54) is 6.26 Å². The third-order valence-electron chi connectivity index (χ3n) is 4.14. The minimum absolute atomic E-state index is 0.131. The van der Waals surface area contributed by atoms with Crippen LogP contribution in [0.25, 0.3) is 11.5 Å². The fourth-order valence-corrected chi connectivity index (χ4v) is 2.65. The molecular weight excluding hydrogens is 318 g/mol. The molecule has 0 fully saturated rings. The molecule has 0 bridgehead atoms. The van der Waals surface area contributed by atoms with Gasteiger partial charge < -0.3 is 20.2 Å². The highest BCUT2D eigenvalue weighted by molar-refractivity contribution is 5.73. The molecule has 1 heterocycles. The number of rotatable bonds is 7. The molecule has 1 atom stereocenters. The standard InChI is InChI=1S/C19H27N3O3/c1-13(2)16(23)19(3,4)12-21-18(24)20-10-15-11-25-17(22-15)14-8-6-5-7-9-14/h5-9,11,13,16,23H,10,12H2,1-4H3,(H2,20,21,24). The molecule has 2 amide bonds. The summed E-state index contributed by atoms with van der Waals surface area (Å²) in [5, 5.41) is 15.7. The number of aromatic nitrogens is 1. The Labute approximate surface area is 148 Å². The number of hydrogen-bond acceptors (Lipinski definition) is 4. The first-order valence-electron chi connectivity index (χ1n) is 8.49. The lowest BCUT2D eigenvalue weighted by molar-refractivity contribution is 0.0151. The van der Waals surface area contributed by atoms with E-state index in [9.17, 15) is 9.90 Å². The molecule has 25 heavy (non-hydrogen) atoms. The maximum absolute atomic E-state index is 12.0. The average molecular weight is 345 g/mol.